The van der Waals surface area contributed by atoms with Crippen molar-refractivity contribution in [3.63, 3.8) is 0 Å². The van der Waals surface area contributed by atoms with Crippen LogP contribution in [0.3, 0.4) is 0 Å². The molecule has 1 aromatic carbocycles. The van der Waals surface area contributed by atoms with Gasteiger partial charge in [0, 0.05) is 5.38 Å². The van der Waals surface area contributed by atoms with Crippen molar-refractivity contribution in [3.05, 3.63) is 73.4 Å². The van der Waals surface area contributed by atoms with Crippen LogP contribution in [0.5, 0.6) is 0 Å². The molecule has 3 rings (SSSR count). The number of carbonyl (C=O) groups is 3. The standard InChI is InChI=1S/C23H24N4O7S2/c1-3-34-17(29)9-15-12-35-22(25-15)36-13-16(28)19-20(24)26(10-14-7-5-4-6-8-14)23(32)27(21(19)31)11-18(30)33-2/h4-8,12H,3,9-11,13,24H2,1-2H3. The highest BCUT2D eigenvalue weighted by atomic mass is 32.2. The smallest absolute Gasteiger partial charge is 0.333 e. The van der Waals surface area contributed by atoms with Crippen LogP contribution in [0, 0.1) is 0 Å². The van der Waals surface area contributed by atoms with Crippen LogP contribution >= 0.6 is 23.1 Å². The van der Waals surface area contributed by atoms with Gasteiger partial charge in [0.15, 0.2) is 10.1 Å². The summed E-state index contributed by atoms with van der Waals surface area (Å²) in [5, 5.41) is 1.68. The van der Waals surface area contributed by atoms with Crippen molar-refractivity contribution in [3.8, 4) is 0 Å². The van der Waals surface area contributed by atoms with E-state index >= 15 is 0 Å². The second kappa shape index (κ2) is 12.3. The Hall–Kier alpha value is -3.71. The third-order valence-corrected chi connectivity index (χ3v) is 7.00. The first kappa shape index (κ1) is 26.9. The zero-order valence-corrected chi connectivity index (χ0v) is 21.2. The Morgan fingerprint density at radius 2 is 1.83 bits per heavy atom. The van der Waals surface area contributed by atoms with Crippen LogP contribution in [0.4, 0.5) is 5.82 Å². The summed E-state index contributed by atoms with van der Waals surface area (Å²) in [6.45, 7) is 1.30. The number of carbonyl (C=O) groups excluding carboxylic acids is 3. The first-order valence-electron chi connectivity index (χ1n) is 10.7. The lowest BCUT2D eigenvalue weighted by Gasteiger charge is -2.16. The number of methoxy groups -OCH3 is 1. The minimum absolute atomic E-state index is 0.00841. The van der Waals surface area contributed by atoms with Crippen LogP contribution < -0.4 is 17.0 Å². The number of ether oxygens (including phenoxy) is 2. The molecule has 0 unspecified atom stereocenters. The molecule has 0 radical (unpaired) electrons. The molecule has 0 bridgehead atoms. The molecule has 2 aromatic heterocycles. The number of nitrogen functional groups attached to an aromatic ring is 1. The maximum atomic E-state index is 13.1. The molecule has 2 heterocycles. The Balaban J connectivity index is 1.90. The second-order valence-electron chi connectivity index (χ2n) is 7.38. The topological polar surface area (TPSA) is 153 Å². The molecule has 0 saturated carbocycles. The van der Waals surface area contributed by atoms with Gasteiger partial charge >= 0.3 is 17.6 Å². The quantitative estimate of drug-likeness (QED) is 0.217. The zero-order chi connectivity index (χ0) is 26.2. The number of nitrogens with zero attached hydrogens (tertiary/aromatic N) is 3. The molecule has 0 aliphatic heterocycles. The number of benzene rings is 1. The lowest BCUT2D eigenvalue weighted by molar-refractivity contribution is -0.142. The zero-order valence-electron chi connectivity index (χ0n) is 19.6. The fourth-order valence-electron chi connectivity index (χ4n) is 3.22. The Morgan fingerprint density at radius 3 is 2.50 bits per heavy atom. The molecule has 0 aliphatic carbocycles. The third kappa shape index (κ3) is 6.49. The van der Waals surface area contributed by atoms with E-state index < -0.39 is 41.1 Å². The van der Waals surface area contributed by atoms with Gasteiger partial charge in [-0.05, 0) is 12.5 Å². The molecule has 0 saturated heterocycles. The molecule has 2 N–H and O–H groups in total. The van der Waals surface area contributed by atoms with Gasteiger partial charge < -0.3 is 15.2 Å². The lowest BCUT2D eigenvalue weighted by atomic mass is 10.2. The van der Waals surface area contributed by atoms with Crippen molar-refractivity contribution < 1.29 is 23.9 Å². The minimum Gasteiger partial charge on any atom is -0.468 e. The molecule has 0 aliphatic rings. The van der Waals surface area contributed by atoms with Crippen LogP contribution in [-0.4, -0.2) is 51.3 Å². The largest absolute Gasteiger partial charge is 0.468 e. The van der Waals surface area contributed by atoms with E-state index in [4.69, 9.17) is 10.5 Å². The van der Waals surface area contributed by atoms with Crippen LogP contribution in [0.2, 0.25) is 0 Å². The summed E-state index contributed by atoms with van der Waals surface area (Å²) in [5.41, 5.74) is 5.17. The Bertz CT molecular complexity index is 1380. The van der Waals surface area contributed by atoms with Gasteiger partial charge in [-0.3, -0.25) is 23.7 Å². The van der Waals surface area contributed by atoms with E-state index in [2.05, 4.69) is 9.72 Å². The van der Waals surface area contributed by atoms with Gasteiger partial charge in [0.1, 0.15) is 17.9 Å². The lowest BCUT2D eigenvalue weighted by Crippen LogP contribution is -2.45. The Morgan fingerprint density at radius 1 is 1.11 bits per heavy atom. The van der Waals surface area contributed by atoms with Gasteiger partial charge in [0.25, 0.3) is 5.56 Å². The van der Waals surface area contributed by atoms with Gasteiger partial charge in [-0.25, -0.2) is 14.3 Å². The molecule has 0 atom stereocenters. The van der Waals surface area contributed by atoms with Crippen molar-refractivity contribution in [2.24, 2.45) is 0 Å². The second-order valence-corrected chi connectivity index (χ2v) is 9.46. The molecule has 13 heteroatoms. The van der Waals surface area contributed by atoms with E-state index in [9.17, 15) is 24.0 Å². The van der Waals surface area contributed by atoms with E-state index in [0.717, 1.165) is 23.4 Å². The fourth-order valence-corrected chi connectivity index (χ4v) is 4.94. The summed E-state index contributed by atoms with van der Waals surface area (Å²) in [4.78, 5) is 67.0. The van der Waals surface area contributed by atoms with Crippen molar-refractivity contribution >= 4 is 46.6 Å². The van der Waals surface area contributed by atoms with Gasteiger partial charge in [-0.2, -0.15) is 0 Å². The SMILES string of the molecule is CCOC(=O)Cc1csc(SCC(=O)c2c(N)n(Cc3ccccc3)c(=O)n(CC(=O)OC)c2=O)n1. The number of aromatic nitrogens is 3. The van der Waals surface area contributed by atoms with Crippen molar-refractivity contribution in [1.29, 1.82) is 0 Å². The van der Waals surface area contributed by atoms with Crippen molar-refractivity contribution in [2.75, 3.05) is 25.2 Å². The van der Waals surface area contributed by atoms with Gasteiger partial charge in [-0.15, -0.1) is 11.3 Å². The molecule has 3 aromatic rings. The molecular weight excluding hydrogens is 508 g/mol. The van der Waals surface area contributed by atoms with E-state index in [1.165, 1.54) is 11.3 Å². The summed E-state index contributed by atoms with van der Waals surface area (Å²) < 4.78 is 11.7. The first-order chi connectivity index (χ1) is 17.2. The minimum atomic E-state index is -0.972. The van der Waals surface area contributed by atoms with Crippen LogP contribution in [0.1, 0.15) is 28.5 Å². The summed E-state index contributed by atoms with van der Waals surface area (Å²) in [5.74, 6) is -2.36. The molecule has 0 fully saturated rings. The van der Waals surface area contributed by atoms with Crippen LogP contribution in [0.25, 0.3) is 0 Å². The number of thioether (sulfide) groups is 1. The normalized spacial score (nSPS) is 10.7. The highest BCUT2D eigenvalue weighted by Crippen LogP contribution is 2.24. The number of anilines is 1. The average Bonchev–Trinajstić information content (AvgIpc) is 3.31. The molecule has 0 spiro atoms. The highest BCUT2D eigenvalue weighted by Gasteiger charge is 2.24. The number of thiazole rings is 1. The van der Waals surface area contributed by atoms with E-state index in [0.29, 0.717) is 20.2 Å². The van der Waals surface area contributed by atoms with E-state index in [1.807, 2.05) is 0 Å². The van der Waals surface area contributed by atoms with Gasteiger partial charge in [0.05, 0.1) is 38.1 Å². The summed E-state index contributed by atoms with van der Waals surface area (Å²) in [7, 11) is 1.13. The number of hydrogen-bond acceptors (Lipinski definition) is 11. The van der Waals surface area contributed by atoms with Crippen LogP contribution in [-0.2, 0) is 38.6 Å². The maximum Gasteiger partial charge on any atom is 0.333 e. The Kier molecular flexibility index (Phi) is 9.19. The van der Waals surface area contributed by atoms with Crippen LogP contribution in [0.15, 0.2) is 49.6 Å². The van der Waals surface area contributed by atoms with E-state index in [-0.39, 0.29) is 31.1 Å². The summed E-state index contributed by atoms with van der Waals surface area (Å²) >= 11 is 2.30. The predicted molar refractivity (Wildman–Crippen MR) is 134 cm³/mol. The average molecular weight is 533 g/mol. The molecule has 11 nitrogen and oxygen atoms in total. The number of esters is 2. The van der Waals surface area contributed by atoms with Crippen molar-refractivity contribution in [1.82, 2.24) is 14.1 Å². The highest BCUT2D eigenvalue weighted by molar-refractivity contribution is 8.01. The number of nitrogens with two attached hydrogens (primary N) is 1. The molecule has 190 valence electrons. The molecular formula is C23H24N4O7S2. The maximum absolute atomic E-state index is 13.1. The fraction of sp³-hybridized carbons (Fsp3) is 0.304. The predicted octanol–water partition coefficient (Wildman–Crippen LogP) is 1.35. The van der Waals surface area contributed by atoms with Crippen molar-refractivity contribution in [2.45, 2.75) is 30.8 Å². The first-order valence-corrected chi connectivity index (χ1v) is 12.6. The van der Waals surface area contributed by atoms with E-state index in [1.54, 1.807) is 42.6 Å². The molecule has 0 amide bonds. The van der Waals surface area contributed by atoms with Gasteiger partial charge in [0.2, 0.25) is 0 Å². The monoisotopic (exact) mass is 532 g/mol. The molecule has 36 heavy (non-hydrogen) atoms. The third-order valence-electron chi connectivity index (χ3n) is 4.93. The number of rotatable bonds is 11. The number of Topliss-reactive ketones (excluding diaryl/α,β-unsaturated/α-hetero) is 1. The number of hydrogen-bond donors (Lipinski definition) is 1. The number of ketones is 1. The summed E-state index contributed by atoms with van der Waals surface area (Å²) in [6, 6.07) is 8.86. The summed E-state index contributed by atoms with van der Waals surface area (Å²) in [6.07, 6.45) is 0.00841. The van der Waals surface area contributed by atoms with Gasteiger partial charge in [-0.1, -0.05) is 42.1 Å². The Labute approximate surface area is 213 Å².